The average Bonchev–Trinajstić information content (AvgIpc) is 3.18. The summed E-state index contributed by atoms with van der Waals surface area (Å²) in [5, 5.41) is 7.58. The summed E-state index contributed by atoms with van der Waals surface area (Å²) in [7, 11) is 1.45. The molecule has 0 aliphatic rings. The molecule has 0 aliphatic heterocycles. The van der Waals surface area contributed by atoms with Gasteiger partial charge in [-0.25, -0.2) is 9.48 Å². The van der Waals surface area contributed by atoms with Crippen molar-refractivity contribution in [2.45, 2.75) is 6.61 Å². The van der Waals surface area contributed by atoms with Crippen LogP contribution in [0, 0.1) is 0 Å². The van der Waals surface area contributed by atoms with Gasteiger partial charge in [-0.15, -0.1) is 0 Å². The Morgan fingerprint density at radius 2 is 2.18 bits per heavy atom. The van der Waals surface area contributed by atoms with Crippen molar-refractivity contribution in [3.05, 3.63) is 58.3 Å². The van der Waals surface area contributed by atoms with Crippen molar-refractivity contribution in [2.24, 2.45) is 7.05 Å². The summed E-state index contributed by atoms with van der Waals surface area (Å²) in [6.45, 7) is -0.0758. The number of hydrogen-bond donors (Lipinski definition) is 0. The predicted octanol–water partition coefficient (Wildman–Crippen LogP) is 1.39. The number of aromatic nitrogens is 3. The molecule has 0 atom stereocenters. The van der Waals surface area contributed by atoms with Crippen LogP contribution in [0.5, 0.6) is 0 Å². The maximum absolute atomic E-state index is 11.8. The van der Waals surface area contributed by atoms with Crippen LogP contribution in [0.1, 0.15) is 16.2 Å². The number of hydrogen-bond acceptors (Lipinski definition) is 7. The highest BCUT2D eigenvalue weighted by molar-refractivity contribution is 5.86. The number of carbonyl (C=O) groups excluding carboxylic acids is 1. The van der Waals surface area contributed by atoms with Gasteiger partial charge in [-0.1, -0.05) is 5.16 Å². The fourth-order valence-corrected chi connectivity index (χ4v) is 1.74. The molecule has 0 spiro atoms. The Morgan fingerprint density at radius 1 is 1.32 bits per heavy atom. The Bertz CT molecular complexity index is 847. The van der Waals surface area contributed by atoms with E-state index in [0.29, 0.717) is 17.2 Å². The number of rotatable bonds is 4. The van der Waals surface area contributed by atoms with Gasteiger partial charge in [0.25, 0.3) is 5.56 Å². The minimum atomic E-state index is -0.654. The minimum Gasteiger partial charge on any atom is -0.461 e. The van der Waals surface area contributed by atoms with Crippen LogP contribution < -0.4 is 5.56 Å². The second kappa shape index (κ2) is 5.68. The van der Waals surface area contributed by atoms with Crippen LogP contribution in [0.15, 0.2) is 50.3 Å². The Hall–Kier alpha value is -3.16. The Kier molecular flexibility index (Phi) is 3.57. The quantitative estimate of drug-likeness (QED) is 0.671. The molecule has 0 unspecified atom stereocenters. The fourth-order valence-electron chi connectivity index (χ4n) is 1.74. The van der Waals surface area contributed by atoms with Crippen LogP contribution in [-0.2, 0) is 18.4 Å². The number of ether oxygens (including phenoxy) is 1. The second-order valence-corrected chi connectivity index (χ2v) is 4.42. The van der Waals surface area contributed by atoms with Crippen LogP contribution in [0.2, 0.25) is 0 Å². The number of nitrogens with zero attached hydrogens (tertiary/aromatic N) is 3. The number of esters is 1. The van der Waals surface area contributed by atoms with Gasteiger partial charge in [-0.3, -0.25) is 4.79 Å². The summed E-state index contributed by atoms with van der Waals surface area (Å²) >= 11 is 0. The molecule has 0 fully saturated rings. The lowest BCUT2D eigenvalue weighted by Crippen LogP contribution is -2.21. The molecule has 22 heavy (non-hydrogen) atoms. The highest BCUT2D eigenvalue weighted by Gasteiger charge is 2.13. The van der Waals surface area contributed by atoms with Gasteiger partial charge < -0.3 is 13.7 Å². The first kappa shape index (κ1) is 13.8. The van der Waals surface area contributed by atoms with E-state index < -0.39 is 5.97 Å². The molecule has 0 saturated heterocycles. The van der Waals surface area contributed by atoms with Crippen LogP contribution in [0.4, 0.5) is 0 Å². The van der Waals surface area contributed by atoms with Crippen molar-refractivity contribution in [3.63, 3.8) is 0 Å². The molecule has 0 aliphatic carbocycles. The SMILES string of the molecule is Cn1nc(C(=O)OCc2cc(-c3ccco3)on2)ccc1=O. The molecule has 0 radical (unpaired) electrons. The lowest BCUT2D eigenvalue weighted by atomic mass is 10.3. The van der Waals surface area contributed by atoms with Crippen molar-refractivity contribution in [1.82, 2.24) is 14.9 Å². The number of aryl methyl sites for hydroxylation is 1. The van der Waals surface area contributed by atoms with Crippen LogP contribution >= 0.6 is 0 Å². The van der Waals surface area contributed by atoms with Gasteiger partial charge in [0.1, 0.15) is 12.3 Å². The molecule has 0 bridgehead atoms. The molecular formula is C14H11N3O5. The maximum Gasteiger partial charge on any atom is 0.359 e. The first-order valence-electron chi connectivity index (χ1n) is 6.34. The van der Waals surface area contributed by atoms with E-state index >= 15 is 0 Å². The topological polar surface area (TPSA) is 100 Å². The molecule has 112 valence electrons. The fraction of sp³-hybridized carbons (Fsp3) is 0.143. The van der Waals surface area contributed by atoms with E-state index in [1.165, 1.54) is 25.4 Å². The van der Waals surface area contributed by atoms with Gasteiger partial charge in [-0.05, 0) is 18.2 Å². The molecule has 8 heteroatoms. The number of carbonyl (C=O) groups is 1. The van der Waals surface area contributed by atoms with Crippen molar-refractivity contribution in [2.75, 3.05) is 0 Å². The van der Waals surface area contributed by atoms with Crippen LogP contribution in [-0.4, -0.2) is 20.9 Å². The van der Waals surface area contributed by atoms with Gasteiger partial charge in [-0.2, -0.15) is 5.10 Å². The average molecular weight is 301 g/mol. The van der Waals surface area contributed by atoms with Crippen molar-refractivity contribution in [1.29, 1.82) is 0 Å². The van der Waals surface area contributed by atoms with Gasteiger partial charge in [0, 0.05) is 19.2 Å². The standard InChI is InChI=1S/C14H11N3O5/c1-17-13(18)5-4-10(15-17)14(19)21-8-9-7-12(22-16-9)11-3-2-6-20-11/h2-7H,8H2,1H3. The van der Waals surface area contributed by atoms with E-state index in [2.05, 4.69) is 10.3 Å². The zero-order chi connectivity index (χ0) is 15.5. The van der Waals surface area contributed by atoms with Gasteiger partial charge in [0.15, 0.2) is 11.5 Å². The van der Waals surface area contributed by atoms with E-state index in [1.807, 2.05) is 0 Å². The third-order valence-corrected chi connectivity index (χ3v) is 2.84. The third-order valence-electron chi connectivity index (χ3n) is 2.84. The molecule has 0 saturated carbocycles. The van der Waals surface area contributed by atoms with Gasteiger partial charge >= 0.3 is 5.97 Å². The van der Waals surface area contributed by atoms with E-state index in [-0.39, 0.29) is 17.9 Å². The highest BCUT2D eigenvalue weighted by Crippen LogP contribution is 2.20. The minimum absolute atomic E-state index is 0.0388. The summed E-state index contributed by atoms with van der Waals surface area (Å²) in [6.07, 6.45) is 1.52. The zero-order valence-electron chi connectivity index (χ0n) is 11.6. The van der Waals surface area contributed by atoms with Crippen LogP contribution in [0.3, 0.4) is 0 Å². The monoisotopic (exact) mass is 301 g/mol. The van der Waals surface area contributed by atoms with E-state index in [0.717, 1.165) is 4.68 Å². The lowest BCUT2D eigenvalue weighted by molar-refractivity contribution is 0.0454. The van der Waals surface area contributed by atoms with Gasteiger partial charge in [0.05, 0.1) is 6.26 Å². The molecule has 0 amide bonds. The molecule has 3 aromatic rings. The summed E-state index contributed by atoms with van der Waals surface area (Å²) in [6, 6.07) is 7.62. The zero-order valence-corrected chi connectivity index (χ0v) is 11.6. The first-order chi connectivity index (χ1) is 10.6. The third kappa shape index (κ3) is 2.80. The summed E-state index contributed by atoms with van der Waals surface area (Å²) in [5.74, 6) is 0.319. The lowest BCUT2D eigenvalue weighted by Gasteiger charge is -2.02. The Labute approximate surface area is 123 Å². The van der Waals surface area contributed by atoms with Crippen molar-refractivity contribution >= 4 is 5.97 Å². The molecule has 0 N–H and O–H groups in total. The molecule has 3 heterocycles. The summed E-state index contributed by atoms with van der Waals surface area (Å²) in [4.78, 5) is 23.0. The van der Waals surface area contributed by atoms with E-state index in [4.69, 9.17) is 13.7 Å². The summed E-state index contributed by atoms with van der Waals surface area (Å²) < 4.78 is 16.4. The Morgan fingerprint density at radius 3 is 2.91 bits per heavy atom. The molecular weight excluding hydrogens is 290 g/mol. The smallest absolute Gasteiger partial charge is 0.359 e. The largest absolute Gasteiger partial charge is 0.461 e. The molecule has 3 aromatic heterocycles. The van der Waals surface area contributed by atoms with E-state index in [9.17, 15) is 9.59 Å². The molecule has 0 aromatic carbocycles. The predicted molar refractivity (Wildman–Crippen MR) is 72.8 cm³/mol. The first-order valence-corrected chi connectivity index (χ1v) is 6.34. The normalized spacial score (nSPS) is 10.6. The second-order valence-electron chi connectivity index (χ2n) is 4.42. The highest BCUT2D eigenvalue weighted by atomic mass is 16.5. The Balaban J connectivity index is 1.66. The van der Waals surface area contributed by atoms with E-state index in [1.54, 1.807) is 18.2 Å². The summed E-state index contributed by atoms with van der Waals surface area (Å²) in [5.41, 5.74) is 0.164. The van der Waals surface area contributed by atoms with Gasteiger partial charge in [0.2, 0.25) is 5.76 Å². The van der Waals surface area contributed by atoms with Crippen molar-refractivity contribution < 1.29 is 18.5 Å². The number of furan rings is 1. The molecule has 3 rings (SSSR count). The molecule has 8 nitrogen and oxygen atoms in total. The van der Waals surface area contributed by atoms with Crippen LogP contribution in [0.25, 0.3) is 11.5 Å². The maximum atomic E-state index is 11.8. The van der Waals surface area contributed by atoms with Crippen molar-refractivity contribution in [3.8, 4) is 11.5 Å².